The largest absolute Gasteiger partial charge is 0.480 e. The van der Waals surface area contributed by atoms with Crippen molar-refractivity contribution in [2.45, 2.75) is 32.2 Å². The Hall–Kier alpha value is -1.30. The van der Waals surface area contributed by atoms with Crippen molar-refractivity contribution >= 4 is 12.0 Å². The highest BCUT2D eigenvalue weighted by Gasteiger charge is 2.38. The van der Waals surface area contributed by atoms with E-state index in [0.717, 1.165) is 19.4 Å². The highest BCUT2D eigenvalue weighted by atomic mass is 16.4. The van der Waals surface area contributed by atoms with E-state index < -0.39 is 11.5 Å². The van der Waals surface area contributed by atoms with E-state index >= 15 is 0 Å². The first-order valence-corrected chi connectivity index (χ1v) is 6.71. The van der Waals surface area contributed by atoms with Crippen LogP contribution in [0.25, 0.3) is 0 Å². The molecule has 1 heterocycles. The lowest BCUT2D eigenvalue weighted by Crippen LogP contribution is -2.56. The minimum atomic E-state index is -1.19. The lowest BCUT2D eigenvalue weighted by atomic mass is 9.98. The SMILES string of the molecule is CNCC1CCCN(C(=O)N(C)C(C)(C)C(=O)O)C1. The van der Waals surface area contributed by atoms with Gasteiger partial charge >= 0.3 is 12.0 Å². The van der Waals surface area contributed by atoms with Crippen LogP contribution in [0.3, 0.4) is 0 Å². The van der Waals surface area contributed by atoms with Gasteiger partial charge in [0.05, 0.1) is 0 Å². The molecule has 1 aliphatic heterocycles. The molecule has 110 valence electrons. The number of carboxylic acids is 1. The third kappa shape index (κ3) is 3.59. The molecule has 0 aromatic heterocycles. The average molecular weight is 271 g/mol. The number of carbonyl (C=O) groups excluding carboxylic acids is 1. The molecule has 0 radical (unpaired) electrons. The second kappa shape index (κ2) is 6.23. The van der Waals surface area contributed by atoms with Crippen LogP contribution in [0.2, 0.25) is 0 Å². The van der Waals surface area contributed by atoms with E-state index in [1.807, 2.05) is 7.05 Å². The first-order valence-electron chi connectivity index (χ1n) is 6.71. The maximum Gasteiger partial charge on any atom is 0.329 e. The van der Waals surface area contributed by atoms with Crippen molar-refractivity contribution in [3.8, 4) is 0 Å². The predicted octanol–water partition coefficient (Wildman–Crippen LogP) is 0.833. The van der Waals surface area contributed by atoms with Crippen molar-refractivity contribution in [1.82, 2.24) is 15.1 Å². The van der Waals surface area contributed by atoms with Crippen molar-refractivity contribution in [3.05, 3.63) is 0 Å². The van der Waals surface area contributed by atoms with Crippen LogP contribution in [0.5, 0.6) is 0 Å². The van der Waals surface area contributed by atoms with Crippen LogP contribution in [0.15, 0.2) is 0 Å². The smallest absolute Gasteiger partial charge is 0.329 e. The number of nitrogens with one attached hydrogen (secondary N) is 1. The van der Waals surface area contributed by atoms with Gasteiger partial charge in [-0.25, -0.2) is 9.59 Å². The van der Waals surface area contributed by atoms with Crippen molar-refractivity contribution < 1.29 is 14.7 Å². The lowest BCUT2D eigenvalue weighted by Gasteiger charge is -2.39. The fourth-order valence-corrected chi connectivity index (χ4v) is 2.29. The molecule has 2 N–H and O–H groups in total. The maximum atomic E-state index is 12.4. The van der Waals surface area contributed by atoms with Crippen molar-refractivity contribution in [1.29, 1.82) is 0 Å². The summed E-state index contributed by atoms with van der Waals surface area (Å²) in [5.41, 5.74) is -1.19. The number of rotatable bonds is 4. The molecular formula is C13H25N3O3. The number of carboxylic acid groups (broad SMARTS) is 1. The number of hydrogen-bond acceptors (Lipinski definition) is 3. The molecule has 6 nitrogen and oxygen atoms in total. The summed E-state index contributed by atoms with van der Waals surface area (Å²) in [5.74, 6) is -0.545. The Morgan fingerprint density at radius 2 is 2.11 bits per heavy atom. The van der Waals surface area contributed by atoms with Gasteiger partial charge in [0.15, 0.2) is 0 Å². The predicted molar refractivity (Wildman–Crippen MR) is 73.1 cm³/mol. The number of piperidine rings is 1. The summed E-state index contributed by atoms with van der Waals surface area (Å²) in [6, 6.07) is -0.201. The number of amides is 2. The van der Waals surface area contributed by atoms with Crippen LogP contribution in [-0.4, -0.2) is 66.2 Å². The van der Waals surface area contributed by atoms with Crippen molar-refractivity contribution in [2.24, 2.45) is 5.92 Å². The third-order valence-electron chi connectivity index (χ3n) is 3.93. The molecular weight excluding hydrogens is 246 g/mol. The van der Waals surface area contributed by atoms with Gasteiger partial charge in [0.25, 0.3) is 0 Å². The Bertz CT molecular complexity index is 342. The summed E-state index contributed by atoms with van der Waals surface area (Å²) >= 11 is 0. The highest BCUT2D eigenvalue weighted by Crippen LogP contribution is 2.20. The van der Waals surface area contributed by atoms with Crippen LogP contribution in [0.1, 0.15) is 26.7 Å². The minimum Gasteiger partial charge on any atom is -0.480 e. The maximum absolute atomic E-state index is 12.4. The van der Waals surface area contributed by atoms with E-state index in [4.69, 9.17) is 0 Å². The number of likely N-dealkylation sites (tertiary alicyclic amines) is 1. The number of aliphatic carboxylic acids is 1. The summed E-state index contributed by atoms with van der Waals surface area (Å²) in [7, 11) is 3.46. The molecule has 1 saturated heterocycles. The molecule has 0 saturated carbocycles. The van der Waals surface area contributed by atoms with Gasteiger partial charge in [-0.2, -0.15) is 0 Å². The molecule has 1 atom stereocenters. The van der Waals surface area contributed by atoms with E-state index in [1.54, 1.807) is 25.8 Å². The van der Waals surface area contributed by atoms with E-state index in [-0.39, 0.29) is 6.03 Å². The summed E-state index contributed by atoms with van der Waals surface area (Å²) < 4.78 is 0. The van der Waals surface area contributed by atoms with Gasteiger partial charge < -0.3 is 20.2 Å². The fourth-order valence-electron chi connectivity index (χ4n) is 2.29. The van der Waals surface area contributed by atoms with Crippen molar-refractivity contribution in [3.63, 3.8) is 0 Å². The number of hydrogen-bond donors (Lipinski definition) is 2. The second-order valence-electron chi connectivity index (χ2n) is 5.72. The lowest BCUT2D eigenvalue weighted by molar-refractivity contribution is -0.147. The van der Waals surface area contributed by atoms with Gasteiger partial charge in [-0.3, -0.25) is 0 Å². The van der Waals surface area contributed by atoms with E-state index in [0.29, 0.717) is 19.0 Å². The first kappa shape index (κ1) is 15.8. The van der Waals surface area contributed by atoms with Gasteiger partial charge in [0, 0.05) is 20.1 Å². The molecule has 1 unspecified atom stereocenters. The van der Waals surface area contributed by atoms with Crippen LogP contribution in [0.4, 0.5) is 4.79 Å². The molecule has 1 aliphatic rings. The average Bonchev–Trinajstić information content (AvgIpc) is 2.37. The van der Waals surface area contributed by atoms with Crippen LogP contribution < -0.4 is 5.32 Å². The molecule has 0 aliphatic carbocycles. The molecule has 1 rings (SSSR count). The molecule has 0 spiro atoms. The zero-order valence-electron chi connectivity index (χ0n) is 12.3. The highest BCUT2D eigenvalue weighted by molar-refractivity contribution is 5.85. The Labute approximate surface area is 114 Å². The normalized spacial score (nSPS) is 20.2. The van der Waals surface area contributed by atoms with Gasteiger partial charge in [0.1, 0.15) is 5.54 Å². The second-order valence-corrected chi connectivity index (χ2v) is 5.72. The summed E-state index contributed by atoms with van der Waals surface area (Å²) in [5, 5.41) is 12.3. The van der Waals surface area contributed by atoms with Crippen LogP contribution >= 0.6 is 0 Å². The van der Waals surface area contributed by atoms with E-state index in [2.05, 4.69) is 5.32 Å². The number of likely N-dealkylation sites (N-methyl/N-ethyl adjacent to an activating group) is 1. The monoisotopic (exact) mass is 271 g/mol. The minimum absolute atomic E-state index is 0.201. The van der Waals surface area contributed by atoms with Crippen LogP contribution in [0, 0.1) is 5.92 Å². The van der Waals surface area contributed by atoms with Gasteiger partial charge in [-0.15, -0.1) is 0 Å². The molecule has 2 amide bonds. The zero-order valence-corrected chi connectivity index (χ0v) is 12.3. The zero-order chi connectivity index (χ0) is 14.6. The summed E-state index contributed by atoms with van der Waals surface area (Å²) in [6.07, 6.45) is 2.08. The van der Waals surface area contributed by atoms with E-state index in [1.165, 1.54) is 4.90 Å². The van der Waals surface area contributed by atoms with E-state index in [9.17, 15) is 14.7 Å². The standard InChI is InChI=1S/C13H25N3O3/c1-13(2,11(17)18)15(4)12(19)16-7-5-6-10(9-16)8-14-3/h10,14H,5-9H2,1-4H3,(H,17,18). The number of nitrogens with zero attached hydrogens (tertiary/aromatic N) is 2. The van der Waals surface area contributed by atoms with Gasteiger partial charge in [0.2, 0.25) is 0 Å². The van der Waals surface area contributed by atoms with Gasteiger partial charge in [-0.05, 0) is 46.2 Å². The number of urea groups is 1. The quantitative estimate of drug-likeness (QED) is 0.794. The molecule has 0 bridgehead atoms. The van der Waals surface area contributed by atoms with Crippen LogP contribution in [-0.2, 0) is 4.79 Å². The molecule has 6 heteroatoms. The molecule has 0 aromatic carbocycles. The van der Waals surface area contributed by atoms with Gasteiger partial charge in [-0.1, -0.05) is 0 Å². The summed E-state index contributed by atoms with van der Waals surface area (Å²) in [4.78, 5) is 26.6. The Balaban J connectivity index is 2.69. The molecule has 19 heavy (non-hydrogen) atoms. The molecule has 0 aromatic rings. The first-order chi connectivity index (χ1) is 8.80. The Morgan fingerprint density at radius 1 is 1.47 bits per heavy atom. The third-order valence-corrected chi connectivity index (χ3v) is 3.93. The number of carbonyl (C=O) groups is 2. The summed E-state index contributed by atoms with van der Waals surface area (Å²) in [6.45, 7) is 5.37. The van der Waals surface area contributed by atoms with Crippen molar-refractivity contribution in [2.75, 3.05) is 33.7 Å². The topological polar surface area (TPSA) is 72.9 Å². The fraction of sp³-hybridized carbons (Fsp3) is 0.846. The molecule has 1 fully saturated rings. The Morgan fingerprint density at radius 3 is 2.63 bits per heavy atom. The Kier molecular flexibility index (Phi) is 5.17.